The lowest BCUT2D eigenvalue weighted by atomic mass is 10.2. The molecule has 4 nitrogen and oxygen atoms in total. The first-order chi connectivity index (χ1) is 8.38. The highest BCUT2D eigenvalue weighted by molar-refractivity contribution is 5.74. The lowest BCUT2D eigenvalue weighted by molar-refractivity contribution is 0.105. The summed E-state index contributed by atoms with van der Waals surface area (Å²) in [4.78, 5) is 6.42. The second-order valence-corrected chi connectivity index (χ2v) is 3.91. The number of anilines is 1. The van der Waals surface area contributed by atoms with Gasteiger partial charge in [-0.15, -0.1) is 6.42 Å². The van der Waals surface area contributed by atoms with Crippen LogP contribution >= 0.6 is 0 Å². The van der Waals surface area contributed by atoms with Crippen molar-refractivity contribution in [1.29, 1.82) is 0 Å². The second kappa shape index (κ2) is 4.11. The van der Waals surface area contributed by atoms with Crippen molar-refractivity contribution in [3.05, 3.63) is 24.3 Å². The van der Waals surface area contributed by atoms with Gasteiger partial charge in [-0.25, -0.2) is 0 Å². The first-order valence-electron chi connectivity index (χ1n) is 5.54. The lowest BCUT2D eigenvalue weighted by Gasteiger charge is -2.30. The van der Waals surface area contributed by atoms with E-state index in [1.165, 1.54) is 0 Å². The van der Waals surface area contributed by atoms with Crippen LogP contribution < -0.4 is 4.90 Å². The average Bonchev–Trinajstić information content (AvgIpc) is 2.82. The molecule has 0 saturated carbocycles. The van der Waals surface area contributed by atoms with Gasteiger partial charge >= 0.3 is 0 Å². The average molecular weight is 228 g/mol. The maximum Gasteiger partial charge on any atom is 0.299 e. The van der Waals surface area contributed by atoms with E-state index in [-0.39, 0.29) is 6.04 Å². The molecule has 1 fully saturated rings. The molecule has 86 valence electrons. The fraction of sp³-hybridized carbons (Fsp3) is 0.308. The van der Waals surface area contributed by atoms with E-state index in [9.17, 15) is 0 Å². The number of hydrogen-bond donors (Lipinski definition) is 0. The third-order valence-corrected chi connectivity index (χ3v) is 2.85. The molecule has 0 radical (unpaired) electrons. The van der Waals surface area contributed by atoms with E-state index in [2.05, 4.69) is 10.9 Å². The Kier molecular flexibility index (Phi) is 2.46. The summed E-state index contributed by atoms with van der Waals surface area (Å²) in [7, 11) is 0. The minimum absolute atomic E-state index is 0.100. The van der Waals surface area contributed by atoms with Gasteiger partial charge in [0, 0.05) is 6.54 Å². The van der Waals surface area contributed by atoms with Gasteiger partial charge in [0.15, 0.2) is 5.58 Å². The monoisotopic (exact) mass is 228 g/mol. The minimum atomic E-state index is -0.100. The number of benzene rings is 1. The van der Waals surface area contributed by atoms with Gasteiger partial charge in [0.2, 0.25) is 0 Å². The van der Waals surface area contributed by atoms with Crippen LogP contribution in [0.1, 0.15) is 0 Å². The third kappa shape index (κ3) is 1.75. The van der Waals surface area contributed by atoms with Crippen molar-refractivity contribution < 1.29 is 9.15 Å². The van der Waals surface area contributed by atoms with Crippen molar-refractivity contribution >= 4 is 17.1 Å². The SMILES string of the molecule is C#C[C@@H]1COCCN1c1nc2ccccc2o1. The Morgan fingerprint density at radius 1 is 1.41 bits per heavy atom. The van der Waals surface area contributed by atoms with Gasteiger partial charge in [-0.05, 0) is 12.1 Å². The largest absolute Gasteiger partial charge is 0.423 e. The topological polar surface area (TPSA) is 38.5 Å². The third-order valence-electron chi connectivity index (χ3n) is 2.85. The number of hydrogen-bond acceptors (Lipinski definition) is 4. The van der Waals surface area contributed by atoms with Crippen LogP contribution in [0.15, 0.2) is 28.7 Å². The van der Waals surface area contributed by atoms with E-state index < -0.39 is 0 Å². The summed E-state index contributed by atoms with van der Waals surface area (Å²) < 4.78 is 11.0. The number of morpholine rings is 1. The molecule has 0 unspecified atom stereocenters. The van der Waals surface area contributed by atoms with Crippen molar-refractivity contribution in [2.75, 3.05) is 24.7 Å². The van der Waals surface area contributed by atoms with Crippen LogP contribution in [-0.2, 0) is 4.74 Å². The molecule has 1 saturated heterocycles. The Morgan fingerprint density at radius 2 is 2.29 bits per heavy atom. The Morgan fingerprint density at radius 3 is 3.12 bits per heavy atom. The van der Waals surface area contributed by atoms with Gasteiger partial charge in [-0.2, -0.15) is 4.98 Å². The molecule has 3 rings (SSSR count). The van der Waals surface area contributed by atoms with E-state index in [0.29, 0.717) is 25.8 Å². The highest BCUT2D eigenvalue weighted by Crippen LogP contribution is 2.24. The van der Waals surface area contributed by atoms with E-state index in [1.54, 1.807) is 0 Å². The Balaban J connectivity index is 1.99. The number of rotatable bonds is 1. The van der Waals surface area contributed by atoms with E-state index in [1.807, 2.05) is 29.2 Å². The van der Waals surface area contributed by atoms with Crippen molar-refractivity contribution in [1.82, 2.24) is 4.98 Å². The summed E-state index contributed by atoms with van der Waals surface area (Å²) in [6.45, 7) is 1.88. The number of terminal acetylenes is 1. The molecule has 4 heteroatoms. The summed E-state index contributed by atoms with van der Waals surface area (Å²) in [6, 6.07) is 8.17. The van der Waals surface area contributed by atoms with Crippen LogP contribution in [0.4, 0.5) is 6.01 Å². The van der Waals surface area contributed by atoms with Gasteiger partial charge < -0.3 is 14.1 Å². The van der Waals surface area contributed by atoms with E-state index in [4.69, 9.17) is 15.6 Å². The highest BCUT2D eigenvalue weighted by atomic mass is 16.5. The Hall–Kier alpha value is -1.99. The highest BCUT2D eigenvalue weighted by Gasteiger charge is 2.25. The second-order valence-electron chi connectivity index (χ2n) is 3.91. The molecule has 2 heterocycles. The number of ether oxygens (including phenoxy) is 1. The maximum absolute atomic E-state index is 5.70. The molecule has 0 N–H and O–H groups in total. The number of aromatic nitrogens is 1. The molecule has 1 aliphatic heterocycles. The van der Waals surface area contributed by atoms with Crippen molar-refractivity contribution in [3.8, 4) is 12.3 Å². The van der Waals surface area contributed by atoms with Gasteiger partial charge in [0.25, 0.3) is 6.01 Å². The maximum atomic E-state index is 5.70. The molecule has 0 aliphatic carbocycles. The molecule has 1 aromatic carbocycles. The smallest absolute Gasteiger partial charge is 0.299 e. The summed E-state index contributed by atoms with van der Waals surface area (Å²) in [5, 5.41) is 0. The van der Waals surface area contributed by atoms with Gasteiger partial charge in [0.1, 0.15) is 11.6 Å². The van der Waals surface area contributed by atoms with Crippen LogP contribution in [0, 0.1) is 12.3 Å². The summed E-state index contributed by atoms with van der Waals surface area (Å²) >= 11 is 0. The summed E-state index contributed by atoms with van der Waals surface area (Å²) in [6.07, 6.45) is 5.48. The molecule has 1 atom stereocenters. The first kappa shape index (κ1) is 10.2. The zero-order valence-corrected chi connectivity index (χ0v) is 9.30. The molecule has 1 aromatic heterocycles. The quantitative estimate of drug-likeness (QED) is 0.696. The predicted octanol–water partition coefficient (Wildman–Crippen LogP) is 1.67. The predicted molar refractivity (Wildman–Crippen MR) is 64.8 cm³/mol. The first-order valence-corrected chi connectivity index (χ1v) is 5.54. The van der Waals surface area contributed by atoms with Crippen LogP contribution in [0.25, 0.3) is 11.1 Å². The molecule has 0 amide bonds. The summed E-state index contributed by atoms with van der Waals surface area (Å²) in [5.74, 6) is 2.70. The normalized spacial score (nSPS) is 20.4. The van der Waals surface area contributed by atoms with Crippen molar-refractivity contribution in [2.24, 2.45) is 0 Å². The van der Waals surface area contributed by atoms with Crippen LogP contribution in [0.2, 0.25) is 0 Å². The number of para-hydroxylation sites is 2. The molecule has 17 heavy (non-hydrogen) atoms. The number of nitrogens with zero attached hydrogens (tertiary/aromatic N) is 2. The summed E-state index contributed by atoms with van der Waals surface area (Å²) in [5.41, 5.74) is 1.63. The van der Waals surface area contributed by atoms with Crippen LogP contribution in [0.3, 0.4) is 0 Å². The number of fused-ring (bicyclic) bond motifs is 1. The van der Waals surface area contributed by atoms with Gasteiger partial charge in [0.05, 0.1) is 13.2 Å². The molecule has 1 aliphatic rings. The Labute approximate surface area is 99.2 Å². The van der Waals surface area contributed by atoms with Crippen LogP contribution in [0.5, 0.6) is 0 Å². The van der Waals surface area contributed by atoms with E-state index in [0.717, 1.165) is 11.1 Å². The Bertz CT molecular complexity index is 537. The molecule has 0 spiro atoms. The molecule has 0 bridgehead atoms. The zero-order chi connectivity index (χ0) is 11.7. The fourth-order valence-corrected chi connectivity index (χ4v) is 1.95. The zero-order valence-electron chi connectivity index (χ0n) is 9.30. The molecule has 2 aromatic rings. The van der Waals surface area contributed by atoms with Crippen molar-refractivity contribution in [2.45, 2.75) is 6.04 Å². The van der Waals surface area contributed by atoms with E-state index >= 15 is 0 Å². The minimum Gasteiger partial charge on any atom is -0.423 e. The van der Waals surface area contributed by atoms with Gasteiger partial charge in [-0.1, -0.05) is 18.1 Å². The van der Waals surface area contributed by atoms with Crippen molar-refractivity contribution in [3.63, 3.8) is 0 Å². The standard InChI is InChI=1S/C13H12N2O2/c1-2-10-9-16-8-7-15(10)13-14-11-5-3-4-6-12(11)17-13/h1,3-6,10H,7-9H2/t10-/m1/s1. The van der Waals surface area contributed by atoms with Gasteiger partial charge in [-0.3, -0.25) is 0 Å². The molecular weight excluding hydrogens is 216 g/mol. The van der Waals surface area contributed by atoms with Crippen LogP contribution in [-0.4, -0.2) is 30.8 Å². The molecular formula is C13H12N2O2. The fourth-order valence-electron chi connectivity index (χ4n) is 1.95. The number of oxazole rings is 1. The lowest BCUT2D eigenvalue weighted by Crippen LogP contribution is -2.44.